The summed E-state index contributed by atoms with van der Waals surface area (Å²) in [5.74, 6) is -5.25. The number of nitrogens with one attached hydrogen (secondary N) is 1. The number of nitrogens with two attached hydrogens (primary N) is 1. The first kappa shape index (κ1) is 26.1. The maximum absolute atomic E-state index is 13.7. The molecular formula is C22H22F6N4O3. The summed E-state index contributed by atoms with van der Waals surface area (Å²) in [5, 5.41) is 11.2. The summed E-state index contributed by atoms with van der Waals surface area (Å²) >= 11 is 0. The van der Waals surface area contributed by atoms with Gasteiger partial charge in [0.25, 0.3) is 0 Å². The van der Waals surface area contributed by atoms with Gasteiger partial charge in [0.2, 0.25) is 5.82 Å². The number of aromatic amines is 1. The Bertz CT molecular complexity index is 1250. The molecule has 1 aliphatic heterocycles. The molecule has 1 fully saturated rings. The van der Waals surface area contributed by atoms with Crippen LogP contribution >= 0.6 is 0 Å². The van der Waals surface area contributed by atoms with Crippen molar-refractivity contribution >= 4 is 16.9 Å². The zero-order valence-corrected chi connectivity index (χ0v) is 18.8. The summed E-state index contributed by atoms with van der Waals surface area (Å²) < 4.78 is 89.4. The third-order valence-electron chi connectivity index (χ3n) is 6.19. The minimum atomic E-state index is -4.55. The summed E-state index contributed by atoms with van der Waals surface area (Å²) in [4.78, 5) is 6.68. The van der Waals surface area contributed by atoms with Crippen LogP contribution in [0.2, 0.25) is 0 Å². The lowest BCUT2D eigenvalue weighted by atomic mass is 9.79. The second kappa shape index (κ2) is 9.64. The topological polar surface area (TPSA) is 106 Å². The molecule has 4 rings (SSSR count). The largest absolute Gasteiger partial charge is 0.493 e. The van der Waals surface area contributed by atoms with Crippen LogP contribution in [0.25, 0.3) is 11.0 Å². The molecule has 35 heavy (non-hydrogen) atoms. The fourth-order valence-corrected chi connectivity index (χ4v) is 3.95. The highest BCUT2D eigenvalue weighted by Gasteiger charge is 2.61. The number of alkyl halides is 3. The van der Waals surface area contributed by atoms with Crippen molar-refractivity contribution in [1.82, 2.24) is 9.97 Å². The molecule has 0 radical (unpaired) electrons. The lowest BCUT2D eigenvalue weighted by Gasteiger charge is -2.32. The molecule has 2 aromatic carbocycles. The normalized spacial score (nSPS) is 22.7. The van der Waals surface area contributed by atoms with Gasteiger partial charge in [0.15, 0.2) is 23.0 Å². The van der Waals surface area contributed by atoms with E-state index in [0.29, 0.717) is 11.0 Å². The quantitative estimate of drug-likeness (QED) is 0.156. The molecular weight excluding hydrogens is 482 g/mol. The van der Waals surface area contributed by atoms with Gasteiger partial charge in [-0.15, -0.1) is 0 Å². The second-order valence-corrected chi connectivity index (χ2v) is 8.00. The lowest BCUT2D eigenvalue weighted by molar-refractivity contribution is -0.266. The van der Waals surface area contributed by atoms with Crippen molar-refractivity contribution in [3.63, 3.8) is 0 Å². The third kappa shape index (κ3) is 4.59. The van der Waals surface area contributed by atoms with E-state index in [2.05, 4.69) is 15.1 Å². The first-order valence-electron chi connectivity index (χ1n) is 10.2. The van der Waals surface area contributed by atoms with Crippen molar-refractivity contribution in [2.24, 2.45) is 16.8 Å². The van der Waals surface area contributed by atoms with Gasteiger partial charge in [-0.05, 0) is 25.1 Å². The number of hydrogen-bond donors (Lipinski definition) is 3. The molecule has 190 valence electrons. The van der Waals surface area contributed by atoms with E-state index in [1.165, 1.54) is 31.5 Å². The van der Waals surface area contributed by atoms with E-state index < -0.39 is 41.1 Å². The molecule has 0 amide bonds. The molecule has 3 atom stereocenters. The molecule has 0 saturated carbocycles. The number of fused-ring (bicyclic) bond motifs is 1. The van der Waals surface area contributed by atoms with Gasteiger partial charge in [-0.1, -0.05) is 18.1 Å². The van der Waals surface area contributed by atoms with E-state index in [0.717, 1.165) is 20.1 Å². The van der Waals surface area contributed by atoms with Crippen molar-refractivity contribution in [3.05, 3.63) is 59.2 Å². The average molecular weight is 504 g/mol. The van der Waals surface area contributed by atoms with Crippen LogP contribution in [0, 0.1) is 23.4 Å². The van der Waals surface area contributed by atoms with Crippen LogP contribution in [0.1, 0.15) is 30.9 Å². The maximum Gasteiger partial charge on any atom is 0.417 e. The summed E-state index contributed by atoms with van der Waals surface area (Å²) in [6.45, 7) is 2.11. The molecule has 13 heteroatoms. The Morgan fingerprint density at radius 2 is 1.89 bits per heavy atom. The van der Waals surface area contributed by atoms with Crippen LogP contribution in [-0.2, 0) is 4.74 Å². The van der Waals surface area contributed by atoms with Gasteiger partial charge in [0.1, 0.15) is 11.3 Å². The van der Waals surface area contributed by atoms with E-state index in [1.807, 2.05) is 0 Å². The Labute approximate surface area is 195 Å². The minimum Gasteiger partial charge on any atom is -0.493 e. The van der Waals surface area contributed by atoms with Gasteiger partial charge in [0.05, 0.1) is 31.1 Å². The van der Waals surface area contributed by atoms with Gasteiger partial charge in [-0.2, -0.15) is 17.6 Å². The van der Waals surface area contributed by atoms with Crippen LogP contribution in [0.5, 0.6) is 5.75 Å². The number of nitrogens with zero attached hydrogens (tertiary/aromatic N) is 2. The predicted molar refractivity (Wildman–Crippen MR) is 114 cm³/mol. The first-order valence-corrected chi connectivity index (χ1v) is 10.2. The van der Waals surface area contributed by atoms with Crippen molar-refractivity contribution in [2.75, 3.05) is 13.7 Å². The standard InChI is InChI=1S/C14H15F5O2.C8H7FN4O/c1-7-9(6-21-13(7,2)14(17,18)19)8-4-5-10(15)11(16)12(8)20-3;9-4-1-2-5-7(12-3-11-5)6(4)8(10)13-14/h4-5,7,9H,6H2,1-3H3;1-3,14H,(H2,10,13)(H,11,12)/t7?,9?,13-;/m1./s1. The minimum absolute atomic E-state index is 0.00579. The number of aromatic nitrogens is 2. The number of rotatable bonds is 3. The van der Waals surface area contributed by atoms with E-state index in [1.54, 1.807) is 0 Å². The number of imidazole rings is 1. The Kier molecular flexibility index (Phi) is 7.20. The van der Waals surface area contributed by atoms with Gasteiger partial charge < -0.3 is 25.4 Å². The molecule has 4 N–H and O–H groups in total. The average Bonchev–Trinajstić information content (AvgIpc) is 3.40. The number of methoxy groups -OCH3 is 1. The van der Waals surface area contributed by atoms with Gasteiger partial charge in [0, 0.05) is 17.4 Å². The van der Waals surface area contributed by atoms with Crippen LogP contribution in [0.15, 0.2) is 35.7 Å². The molecule has 3 aromatic rings. The zero-order valence-electron chi connectivity index (χ0n) is 18.8. The zero-order chi connectivity index (χ0) is 26.1. The first-order chi connectivity index (χ1) is 16.4. The summed E-state index contributed by atoms with van der Waals surface area (Å²) in [5.41, 5.74) is 4.16. The van der Waals surface area contributed by atoms with Gasteiger partial charge >= 0.3 is 6.18 Å². The number of hydrogen-bond acceptors (Lipinski definition) is 5. The van der Waals surface area contributed by atoms with E-state index in [4.69, 9.17) is 20.4 Å². The summed E-state index contributed by atoms with van der Waals surface area (Å²) in [6.07, 6.45) is -3.13. The molecule has 0 aliphatic carbocycles. The van der Waals surface area contributed by atoms with Gasteiger partial charge in [-0.25, -0.2) is 13.8 Å². The monoisotopic (exact) mass is 504 g/mol. The maximum atomic E-state index is 13.7. The fourth-order valence-electron chi connectivity index (χ4n) is 3.95. The number of ether oxygens (including phenoxy) is 2. The highest BCUT2D eigenvalue weighted by Crippen LogP contribution is 2.51. The molecule has 2 heterocycles. The number of H-pyrrole nitrogens is 1. The molecule has 1 saturated heterocycles. The summed E-state index contributed by atoms with van der Waals surface area (Å²) in [7, 11) is 1.14. The lowest BCUT2D eigenvalue weighted by Crippen LogP contribution is -2.46. The van der Waals surface area contributed by atoms with E-state index >= 15 is 0 Å². The van der Waals surface area contributed by atoms with Crippen LogP contribution in [-0.4, -0.2) is 46.5 Å². The Morgan fingerprint density at radius 3 is 2.46 bits per heavy atom. The molecule has 0 bridgehead atoms. The number of oxime groups is 1. The van der Waals surface area contributed by atoms with Crippen molar-refractivity contribution in [3.8, 4) is 5.75 Å². The number of amidine groups is 1. The van der Waals surface area contributed by atoms with Crippen LogP contribution < -0.4 is 10.5 Å². The van der Waals surface area contributed by atoms with Crippen LogP contribution in [0.4, 0.5) is 26.3 Å². The summed E-state index contributed by atoms with van der Waals surface area (Å²) in [6, 6.07) is 4.88. The number of benzene rings is 2. The fraction of sp³-hybridized carbons (Fsp3) is 0.364. The van der Waals surface area contributed by atoms with E-state index in [9.17, 15) is 26.3 Å². The van der Waals surface area contributed by atoms with Gasteiger partial charge in [-0.3, -0.25) is 0 Å². The SMILES string of the molecule is COc1c(C2CO[C@@](C)(C(F)(F)F)C2C)ccc(F)c1F.N/C(=N\O)c1c(F)ccc2[nH]cnc12. The third-order valence-corrected chi connectivity index (χ3v) is 6.19. The highest BCUT2D eigenvalue weighted by atomic mass is 19.4. The second-order valence-electron chi connectivity index (χ2n) is 8.00. The Morgan fingerprint density at radius 1 is 1.23 bits per heavy atom. The Hall–Kier alpha value is -3.48. The van der Waals surface area contributed by atoms with Crippen molar-refractivity contribution in [2.45, 2.75) is 31.5 Å². The van der Waals surface area contributed by atoms with Crippen LogP contribution in [0.3, 0.4) is 0 Å². The van der Waals surface area contributed by atoms with Crippen molar-refractivity contribution < 1.29 is 41.0 Å². The van der Waals surface area contributed by atoms with E-state index in [-0.39, 0.29) is 29.3 Å². The molecule has 2 unspecified atom stereocenters. The predicted octanol–water partition coefficient (Wildman–Crippen LogP) is 4.84. The molecule has 7 nitrogen and oxygen atoms in total. The molecule has 1 aliphatic rings. The number of halogens is 6. The molecule has 0 spiro atoms. The smallest absolute Gasteiger partial charge is 0.417 e. The van der Waals surface area contributed by atoms with Crippen molar-refractivity contribution in [1.29, 1.82) is 0 Å². The molecule has 1 aromatic heterocycles. The highest BCUT2D eigenvalue weighted by molar-refractivity contribution is 6.06. The Balaban J connectivity index is 0.000000211.